The van der Waals surface area contributed by atoms with Gasteiger partial charge in [-0.2, -0.15) is 12.7 Å². The predicted octanol–water partition coefficient (Wildman–Crippen LogP) is 3.70. The van der Waals surface area contributed by atoms with Crippen LogP contribution in [-0.4, -0.2) is 69.3 Å². The summed E-state index contributed by atoms with van der Waals surface area (Å²) in [5.74, 6) is -0.747. The van der Waals surface area contributed by atoms with Gasteiger partial charge < -0.3 is 15.0 Å². The number of carbonyl (C=O) groups excluding carboxylic acids is 2. The number of benzene rings is 2. The van der Waals surface area contributed by atoms with Gasteiger partial charge in [-0.25, -0.2) is 8.70 Å². The molecule has 1 fully saturated rings. The Labute approximate surface area is 231 Å². The standard InChI is InChI=1S/C28H39FN4O5S/c1-5-26(28(35)30-23-11-7-6-8-12-23)32(19-21-10-9-13-25(18-21)38-4)27(34)20-33(39(36,37)31(2)3)24-16-14-22(29)15-17-24/h9-10,13-18,23,26H,5-8,11-12,19-20H2,1-4H3,(H,30,35)/t26-/m0/s1. The van der Waals surface area contributed by atoms with E-state index in [9.17, 15) is 22.4 Å². The number of hydrogen-bond acceptors (Lipinski definition) is 5. The van der Waals surface area contributed by atoms with Gasteiger partial charge in [0.25, 0.3) is 0 Å². The summed E-state index contributed by atoms with van der Waals surface area (Å²) in [5.41, 5.74) is 0.870. The van der Waals surface area contributed by atoms with Crippen molar-refractivity contribution in [2.45, 2.75) is 64.1 Å². The van der Waals surface area contributed by atoms with Gasteiger partial charge in [0.15, 0.2) is 0 Å². The molecule has 0 aliphatic heterocycles. The summed E-state index contributed by atoms with van der Waals surface area (Å²) in [6, 6.07) is 11.3. The third-order valence-corrected chi connectivity index (χ3v) is 8.78. The van der Waals surface area contributed by atoms with Gasteiger partial charge >= 0.3 is 10.2 Å². The van der Waals surface area contributed by atoms with Crippen molar-refractivity contribution in [3.63, 3.8) is 0 Å². The maximum absolute atomic E-state index is 13.9. The van der Waals surface area contributed by atoms with Crippen LogP contribution in [0.5, 0.6) is 5.75 Å². The maximum Gasteiger partial charge on any atom is 0.304 e. The molecule has 1 aliphatic rings. The fourth-order valence-electron chi connectivity index (χ4n) is 4.76. The van der Waals surface area contributed by atoms with Gasteiger partial charge in [-0.3, -0.25) is 9.59 Å². The molecular weight excluding hydrogens is 523 g/mol. The first-order chi connectivity index (χ1) is 18.6. The Morgan fingerprint density at radius 2 is 1.74 bits per heavy atom. The van der Waals surface area contributed by atoms with E-state index in [1.807, 2.05) is 13.0 Å². The highest BCUT2D eigenvalue weighted by atomic mass is 32.2. The molecule has 1 N–H and O–H groups in total. The minimum atomic E-state index is -4.12. The summed E-state index contributed by atoms with van der Waals surface area (Å²) in [6.07, 6.45) is 5.36. The minimum Gasteiger partial charge on any atom is -0.497 e. The molecule has 0 aromatic heterocycles. The number of amides is 2. The third-order valence-electron chi connectivity index (χ3n) is 6.96. The average Bonchev–Trinajstić information content (AvgIpc) is 2.92. The van der Waals surface area contributed by atoms with Crippen LogP contribution in [0.15, 0.2) is 48.5 Å². The molecule has 0 radical (unpaired) electrons. The highest BCUT2D eigenvalue weighted by Gasteiger charge is 2.34. The van der Waals surface area contributed by atoms with Crippen molar-refractivity contribution >= 4 is 27.7 Å². The van der Waals surface area contributed by atoms with E-state index in [0.717, 1.165) is 58.4 Å². The van der Waals surface area contributed by atoms with E-state index >= 15 is 0 Å². The number of methoxy groups -OCH3 is 1. The average molecular weight is 563 g/mol. The molecule has 0 unspecified atom stereocenters. The second kappa shape index (κ2) is 13.7. The predicted molar refractivity (Wildman–Crippen MR) is 149 cm³/mol. The van der Waals surface area contributed by atoms with Crippen LogP contribution >= 0.6 is 0 Å². The zero-order valence-corrected chi connectivity index (χ0v) is 23.9. The van der Waals surface area contributed by atoms with Crippen molar-refractivity contribution in [1.82, 2.24) is 14.5 Å². The number of rotatable bonds is 12. The van der Waals surface area contributed by atoms with Crippen LogP contribution < -0.4 is 14.4 Å². The molecule has 214 valence electrons. The van der Waals surface area contributed by atoms with Crippen molar-refractivity contribution in [2.24, 2.45) is 0 Å². The molecule has 3 rings (SSSR count). The van der Waals surface area contributed by atoms with E-state index < -0.39 is 34.5 Å². The first-order valence-corrected chi connectivity index (χ1v) is 14.6. The fraction of sp³-hybridized carbons (Fsp3) is 0.500. The quantitative estimate of drug-likeness (QED) is 0.425. The molecule has 9 nitrogen and oxygen atoms in total. The van der Waals surface area contributed by atoms with Gasteiger partial charge in [-0.05, 0) is 61.2 Å². The van der Waals surface area contributed by atoms with E-state index in [1.54, 1.807) is 25.3 Å². The molecule has 0 spiro atoms. The number of nitrogens with zero attached hydrogens (tertiary/aromatic N) is 3. The topological polar surface area (TPSA) is 99.3 Å². The molecule has 11 heteroatoms. The molecule has 1 aliphatic carbocycles. The highest BCUT2D eigenvalue weighted by molar-refractivity contribution is 7.90. The van der Waals surface area contributed by atoms with Crippen LogP contribution in [0.1, 0.15) is 51.0 Å². The van der Waals surface area contributed by atoms with Crippen LogP contribution in [-0.2, 0) is 26.3 Å². The molecular formula is C28H39FN4O5S. The summed E-state index contributed by atoms with van der Waals surface area (Å²) in [7, 11) is 0.143. The van der Waals surface area contributed by atoms with Crippen molar-refractivity contribution < 1.29 is 27.1 Å². The lowest BCUT2D eigenvalue weighted by molar-refractivity contribution is -0.140. The molecule has 0 saturated heterocycles. The minimum absolute atomic E-state index is 0.0545. The van der Waals surface area contributed by atoms with Crippen molar-refractivity contribution in [3.8, 4) is 5.75 Å². The largest absolute Gasteiger partial charge is 0.497 e. The highest BCUT2D eigenvalue weighted by Crippen LogP contribution is 2.23. The molecule has 1 saturated carbocycles. The zero-order valence-electron chi connectivity index (χ0n) is 23.1. The first kappa shape index (κ1) is 30.4. The molecule has 0 heterocycles. The fourth-order valence-corrected chi connectivity index (χ4v) is 5.81. The van der Waals surface area contributed by atoms with Crippen LogP contribution in [0.4, 0.5) is 10.1 Å². The third kappa shape index (κ3) is 7.92. The molecule has 0 bridgehead atoms. The van der Waals surface area contributed by atoms with E-state index in [2.05, 4.69) is 5.32 Å². The summed E-state index contributed by atoms with van der Waals surface area (Å²) < 4.78 is 47.4. The number of ether oxygens (including phenoxy) is 1. The van der Waals surface area contributed by atoms with Crippen LogP contribution in [0.2, 0.25) is 0 Å². The van der Waals surface area contributed by atoms with Gasteiger partial charge in [0.05, 0.1) is 12.8 Å². The monoisotopic (exact) mass is 562 g/mol. The Balaban J connectivity index is 1.96. The molecule has 2 amide bonds. The number of halogens is 1. The van der Waals surface area contributed by atoms with Gasteiger partial charge in [0, 0.05) is 26.7 Å². The molecule has 39 heavy (non-hydrogen) atoms. The Bertz CT molecular complexity index is 1220. The first-order valence-electron chi connectivity index (χ1n) is 13.2. The van der Waals surface area contributed by atoms with Crippen molar-refractivity contribution in [2.75, 3.05) is 32.1 Å². The van der Waals surface area contributed by atoms with Crippen LogP contribution in [0.25, 0.3) is 0 Å². The summed E-state index contributed by atoms with van der Waals surface area (Å²) >= 11 is 0. The van der Waals surface area contributed by atoms with Crippen molar-refractivity contribution in [1.29, 1.82) is 0 Å². The van der Waals surface area contributed by atoms with Gasteiger partial charge in [-0.1, -0.05) is 38.3 Å². The second-order valence-corrected chi connectivity index (χ2v) is 12.0. The summed E-state index contributed by atoms with van der Waals surface area (Å²) in [4.78, 5) is 28.8. The molecule has 1 atom stereocenters. The Morgan fingerprint density at radius 3 is 2.33 bits per heavy atom. The Kier molecular flexibility index (Phi) is 10.7. The van der Waals surface area contributed by atoms with Crippen LogP contribution in [0, 0.1) is 5.82 Å². The van der Waals surface area contributed by atoms with Gasteiger partial charge in [0.1, 0.15) is 24.2 Å². The molecule has 2 aromatic rings. The zero-order chi connectivity index (χ0) is 28.6. The van der Waals surface area contributed by atoms with E-state index in [1.165, 1.54) is 31.1 Å². The lowest BCUT2D eigenvalue weighted by Crippen LogP contribution is -2.54. The molecule has 2 aromatic carbocycles. The Hall–Kier alpha value is -3.18. The number of carbonyl (C=O) groups is 2. The van der Waals surface area contributed by atoms with E-state index in [0.29, 0.717) is 12.2 Å². The maximum atomic E-state index is 13.9. The number of hydrogen-bond donors (Lipinski definition) is 1. The second-order valence-electron chi connectivity index (χ2n) is 9.91. The van der Waals surface area contributed by atoms with Gasteiger partial charge in [-0.15, -0.1) is 0 Å². The SMILES string of the molecule is CC[C@@H](C(=O)NC1CCCCC1)N(Cc1cccc(OC)c1)C(=O)CN(c1ccc(F)cc1)S(=O)(=O)N(C)C. The lowest BCUT2D eigenvalue weighted by Gasteiger charge is -2.35. The number of nitrogens with one attached hydrogen (secondary N) is 1. The van der Waals surface area contributed by atoms with Crippen molar-refractivity contribution in [3.05, 3.63) is 59.9 Å². The summed E-state index contributed by atoms with van der Waals surface area (Å²) in [6.45, 7) is 1.33. The normalized spacial score (nSPS) is 15.0. The van der Waals surface area contributed by atoms with E-state index in [-0.39, 0.29) is 24.2 Å². The van der Waals surface area contributed by atoms with E-state index in [4.69, 9.17) is 4.74 Å². The lowest BCUT2D eigenvalue weighted by atomic mass is 9.95. The van der Waals surface area contributed by atoms with Crippen LogP contribution in [0.3, 0.4) is 0 Å². The smallest absolute Gasteiger partial charge is 0.304 e. The Morgan fingerprint density at radius 1 is 1.08 bits per heavy atom. The number of anilines is 1. The van der Waals surface area contributed by atoms with Gasteiger partial charge in [0.2, 0.25) is 11.8 Å². The summed E-state index contributed by atoms with van der Waals surface area (Å²) in [5, 5.41) is 3.11.